The van der Waals surface area contributed by atoms with Crippen LogP contribution in [0.4, 0.5) is 0 Å². The van der Waals surface area contributed by atoms with Gasteiger partial charge in [-0.25, -0.2) is 4.79 Å². The van der Waals surface area contributed by atoms with E-state index in [2.05, 4.69) is 25.7 Å². The highest BCUT2D eigenvalue weighted by Crippen LogP contribution is 1.81. The second-order valence-corrected chi connectivity index (χ2v) is 1.23. The Hall–Kier alpha value is -0.310. The van der Waals surface area contributed by atoms with E-state index in [0.29, 0.717) is 0 Å². The largest absolute Gasteiger partial charge is 0.466 e. The SMILES string of the molecule is COC(=O)C=[C]Br. The first-order chi connectivity index (χ1) is 3.31. The Morgan fingerprint density at radius 3 is 2.71 bits per heavy atom. The first-order valence-corrected chi connectivity index (χ1v) is 2.38. The maximum atomic E-state index is 10.0. The van der Waals surface area contributed by atoms with Crippen LogP contribution in [0.3, 0.4) is 0 Å². The summed E-state index contributed by atoms with van der Waals surface area (Å²) in [5, 5.41) is 0. The van der Waals surface area contributed by atoms with Gasteiger partial charge < -0.3 is 4.74 Å². The first kappa shape index (κ1) is 6.69. The number of methoxy groups -OCH3 is 1. The van der Waals surface area contributed by atoms with E-state index < -0.39 is 5.97 Å². The highest BCUT2D eigenvalue weighted by atomic mass is 79.9. The molecule has 0 aliphatic carbocycles. The lowest BCUT2D eigenvalue weighted by atomic mass is 10.7. The predicted molar refractivity (Wildman–Crippen MR) is 28.8 cm³/mol. The number of ether oxygens (including phenoxy) is 1. The van der Waals surface area contributed by atoms with Crippen molar-refractivity contribution >= 4 is 21.9 Å². The number of hydrogen-bond donors (Lipinski definition) is 0. The molecule has 3 heteroatoms. The maximum absolute atomic E-state index is 10.0. The molecule has 0 amide bonds. The lowest BCUT2D eigenvalue weighted by Gasteiger charge is -1.83. The third kappa shape index (κ3) is 3.52. The number of rotatable bonds is 1. The summed E-state index contributed by atoms with van der Waals surface area (Å²) in [6.07, 6.45) is 1.15. The lowest BCUT2D eigenvalue weighted by molar-refractivity contribution is -0.134. The van der Waals surface area contributed by atoms with Gasteiger partial charge >= 0.3 is 5.97 Å². The Balaban J connectivity index is 3.37. The van der Waals surface area contributed by atoms with E-state index in [-0.39, 0.29) is 0 Å². The van der Waals surface area contributed by atoms with Crippen LogP contribution in [0.25, 0.3) is 0 Å². The van der Waals surface area contributed by atoms with Gasteiger partial charge in [-0.2, -0.15) is 0 Å². The molecule has 7 heavy (non-hydrogen) atoms. The molecule has 0 aromatic rings. The fourth-order valence-corrected chi connectivity index (χ4v) is 0.290. The second kappa shape index (κ2) is 3.87. The van der Waals surface area contributed by atoms with E-state index in [1.807, 2.05) is 0 Å². The summed E-state index contributed by atoms with van der Waals surface area (Å²) in [4.78, 5) is 12.4. The second-order valence-electron chi connectivity index (χ2n) is 0.777. The molecule has 0 aliphatic rings. The van der Waals surface area contributed by atoms with Crippen LogP contribution in [-0.2, 0) is 9.53 Å². The van der Waals surface area contributed by atoms with Crippen LogP contribution in [0.1, 0.15) is 0 Å². The van der Waals surface area contributed by atoms with Crippen LogP contribution in [0.2, 0.25) is 0 Å². The van der Waals surface area contributed by atoms with Crippen LogP contribution in [0, 0.1) is 4.99 Å². The number of carbonyl (C=O) groups is 1. The van der Waals surface area contributed by atoms with Gasteiger partial charge in [0.25, 0.3) is 0 Å². The zero-order chi connectivity index (χ0) is 5.70. The Morgan fingerprint density at radius 2 is 2.57 bits per heavy atom. The van der Waals surface area contributed by atoms with Crippen molar-refractivity contribution in [2.24, 2.45) is 0 Å². The van der Waals surface area contributed by atoms with E-state index >= 15 is 0 Å². The summed E-state index contributed by atoms with van der Waals surface area (Å²) in [6.45, 7) is 0. The summed E-state index contributed by atoms with van der Waals surface area (Å²) >= 11 is 2.78. The number of hydrogen-bond acceptors (Lipinski definition) is 2. The van der Waals surface area contributed by atoms with Gasteiger partial charge in [-0.05, 0) is 15.9 Å². The van der Waals surface area contributed by atoms with Crippen molar-refractivity contribution in [2.45, 2.75) is 0 Å². The summed E-state index contributed by atoms with van der Waals surface area (Å²) in [5.41, 5.74) is 0. The normalized spacial score (nSPS) is 9.43. The Kier molecular flexibility index (Phi) is 3.69. The van der Waals surface area contributed by atoms with Crippen molar-refractivity contribution in [1.82, 2.24) is 0 Å². The van der Waals surface area contributed by atoms with Gasteiger partial charge in [-0.1, -0.05) is 0 Å². The van der Waals surface area contributed by atoms with E-state index in [1.165, 1.54) is 7.11 Å². The predicted octanol–water partition coefficient (Wildman–Crippen LogP) is 0.871. The van der Waals surface area contributed by atoms with Gasteiger partial charge in [0.05, 0.1) is 7.11 Å². The van der Waals surface area contributed by atoms with Crippen molar-refractivity contribution in [3.8, 4) is 0 Å². The zero-order valence-electron chi connectivity index (χ0n) is 3.77. The van der Waals surface area contributed by atoms with Gasteiger partial charge in [0.2, 0.25) is 0 Å². The molecule has 0 aliphatic heterocycles. The van der Waals surface area contributed by atoms with E-state index in [0.717, 1.165) is 6.08 Å². The van der Waals surface area contributed by atoms with E-state index in [1.54, 1.807) is 0 Å². The third-order valence-corrected chi connectivity index (χ3v) is 0.603. The molecule has 0 heterocycles. The van der Waals surface area contributed by atoms with Gasteiger partial charge in [0.1, 0.15) is 0 Å². The summed E-state index contributed by atoms with van der Waals surface area (Å²) in [7, 11) is 1.31. The summed E-state index contributed by atoms with van der Waals surface area (Å²) in [5.74, 6) is -0.406. The fourth-order valence-electron chi connectivity index (χ4n) is 0.103. The lowest BCUT2D eigenvalue weighted by Crippen LogP contribution is -1.92. The van der Waals surface area contributed by atoms with E-state index in [9.17, 15) is 4.79 Å². The van der Waals surface area contributed by atoms with Crippen molar-refractivity contribution in [2.75, 3.05) is 7.11 Å². The molecule has 0 rings (SSSR count). The summed E-state index contributed by atoms with van der Waals surface area (Å²) < 4.78 is 4.20. The van der Waals surface area contributed by atoms with Gasteiger partial charge in [0, 0.05) is 11.1 Å². The van der Waals surface area contributed by atoms with Crippen molar-refractivity contribution in [3.05, 3.63) is 11.1 Å². The summed E-state index contributed by atoms with van der Waals surface area (Å²) in [6, 6.07) is 0. The monoisotopic (exact) mass is 163 g/mol. The molecule has 0 saturated heterocycles. The topological polar surface area (TPSA) is 26.3 Å². The maximum Gasteiger partial charge on any atom is 0.331 e. The van der Waals surface area contributed by atoms with Gasteiger partial charge in [-0.15, -0.1) is 0 Å². The average molecular weight is 164 g/mol. The molecule has 0 N–H and O–H groups in total. The molecule has 39 valence electrons. The van der Waals surface area contributed by atoms with Crippen molar-refractivity contribution in [1.29, 1.82) is 0 Å². The standard InChI is InChI=1S/C4H4BrO2/c1-7-4(6)2-3-5/h2H,1H3. The quantitative estimate of drug-likeness (QED) is 0.424. The molecule has 1 radical (unpaired) electrons. The van der Waals surface area contributed by atoms with E-state index in [4.69, 9.17) is 0 Å². The molecular weight excluding hydrogens is 160 g/mol. The number of halogens is 1. The highest BCUT2D eigenvalue weighted by Gasteiger charge is 1.85. The molecule has 0 aromatic carbocycles. The first-order valence-electron chi connectivity index (χ1n) is 1.58. The van der Waals surface area contributed by atoms with Crippen molar-refractivity contribution < 1.29 is 9.53 Å². The van der Waals surface area contributed by atoms with Crippen LogP contribution < -0.4 is 0 Å². The number of esters is 1. The van der Waals surface area contributed by atoms with Gasteiger partial charge in [-0.3, -0.25) is 0 Å². The molecule has 2 nitrogen and oxygen atoms in total. The highest BCUT2D eigenvalue weighted by molar-refractivity contribution is 9.10. The molecule has 0 bridgehead atoms. The molecule has 0 unspecified atom stereocenters. The minimum absolute atomic E-state index is 0.406. The number of carbonyl (C=O) groups excluding carboxylic acids is 1. The fraction of sp³-hybridized carbons (Fsp3) is 0.250. The molecule has 0 aromatic heterocycles. The van der Waals surface area contributed by atoms with Crippen LogP contribution in [0.15, 0.2) is 6.08 Å². The zero-order valence-corrected chi connectivity index (χ0v) is 5.36. The molecule has 0 fully saturated rings. The molecule has 0 atom stereocenters. The van der Waals surface area contributed by atoms with Crippen molar-refractivity contribution in [3.63, 3.8) is 0 Å². The minimum Gasteiger partial charge on any atom is -0.466 e. The molecule has 0 spiro atoms. The third-order valence-electron chi connectivity index (χ3n) is 0.374. The average Bonchev–Trinajstić information content (AvgIpc) is 1.68. The Morgan fingerprint density at radius 1 is 2.00 bits per heavy atom. The minimum atomic E-state index is -0.406. The van der Waals surface area contributed by atoms with Crippen LogP contribution in [0.5, 0.6) is 0 Å². The Labute approximate surface area is 50.3 Å². The van der Waals surface area contributed by atoms with Crippen LogP contribution >= 0.6 is 15.9 Å². The molecular formula is C4H4BrO2. The van der Waals surface area contributed by atoms with Gasteiger partial charge in [0.15, 0.2) is 0 Å². The smallest absolute Gasteiger partial charge is 0.331 e. The Bertz CT molecular complexity index is 87.7. The van der Waals surface area contributed by atoms with Crippen LogP contribution in [-0.4, -0.2) is 13.1 Å². The molecule has 0 saturated carbocycles.